The maximum Gasteiger partial charge on any atom is 0.413 e. The van der Waals surface area contributed by atoms with Gasteiger partial charge in [0, 0.05) is 12.3 Å². The molecule has 0 bridgehead atoms. The van der Waals surface area contributed by atoms with Crippen LogP contribution in [0.15, 0.2) is 53.4 Å². The van der Waals surface area contributed by atoms with Crippen LogP contribution in [0.2, 0.25) is 0 Å². The minimum Gasteiger partial charge on any atom is -0.396 e. The van der Waals surface area contributed by atoms with Gasteiger partial charge in [0.15, 0.2) is 0 Å². The van der Waals surface area contributed by atoms with E-state index in [9.17, 15) is 39.6 Å². The highest BCUT2D eigenvalue weighted by molar-refractivity contribution is 7.92. The van der Waals surface area contributed by atoms with Crippen LogP contribution >= 0.6 is 0 Å². The molecule has 30 heavy (non-hydrogen) atoms. The summed E-state index contributed by atoms with van der Waals surface area (Å²) >= 11 is 0. The summed E-state index contributed by atoms with van der Waals surface area (Å²) in [6, 6.07) is 7.76. The van der Waals surface area contributed by atoms with E-state index in [1.807, 2.05) is 4.72 Å². The maximum absolute atomic E-state index is 13.2. The van der Waals surface area contributed by atoms with Crippen molar-refractivity contribution in [3.8, 4) is 0 Å². The van der Waals surface area contributed by atoms with Crippen molar-refractivity contribution in [2.24, 2.45) is 0 Å². The molecule has 0 spiro atoms. The van der Waals surface area contributed by atoms with Gasteiger partial charge in [-0.1, -0.05) is 30.3 Å². The largest absolute Gasteiger partial charge is 0.413 e. The lowest BCUT2D eigenvalue weighted by molar-refractivity contribution is -0.286. The zero-order valence-corrected chi connectivity index (χ0v) is 15.8. The second-order valence-electron chi connectivity index (χ2n) is 6.19. The fourth-order valence-corrected chi connectivity index (χ4v) is 4.12. The Morgan fingerprint density at radius 3 is 1.90 bits per heavy atom. The third-order valence-electron chi connectivity index (χ3n) is 4.31. The molecule has 5 nitrogen and oxygen atoms in total. The molecule has 0 aliphatic rings. The average Bonchev–Trinajstić information content (AvgIpc) is 2.62. The van der Waals surface area contributed by atoms with Crippen LogP contribution in [0.3, 0.4) is 0 Å². The number of halogens is 6. The molecular formula is C18H15F6NO4S. The molecule has 2 aromatic carbocycles. The van der Waals surface area contributed by atoms with Gasteiger partial charge in [-0.05, 0) is 35.7 Å². The van der Waals surface area contributed by atoms with E-state index in [0.29, 0.717) is 24.3 Å². The molecule has 0 saturated heterocycles. The number of aliphatic hydroxyl groups excluding tert-OH is 1. The lowest BCUT2D eigenvalue weighted by atomic mass is 9.80. The molecule has 0 amide bonds. The van der Waals surface area contributed by atoms with Crippen LogP contribution in [0, 0.1) is 0 Å². The number of hydrogen-bond acceptors (Lipinski definition) is 4. The van der Waals surface area contributed by atoms with Crippen molar-refractivity contribution in [1.82, 2.24) is 0 Å². The molecule has 0 atom stereocenters. The molecule has 0 saturated carbocycles. The number of benzene rings is 2. The number of aldehydes is 1. The number of sulfonamides is 1. The van der Waals surface area contributed by atoms with Gasteiger partial charge < -0.3 is 9.90 Å². The summed E-state index contributed by atoms with van der Waals surface area (Å²) in [5.74, 6) is 0. The van der Waals surface area contributed by atoms with Crippen LogP contribution in [0.25, 0.3) is 0 Å². The molecule has 0 aromatic heterocycles. The van der Waals surface area contributed by atoms with E-state index < -0.39 is 39.6 Å². The maximum atomic E-state index is 13.2. The molecule has 0 radical (unpaired) electrons. The van der Waals surface area contributed by atoms with Gasteiger partial charge in [0.05, 0.1) is 4.90 Å². The number of hydrogen-bond donors (Lipinski definition) is 2. The first-order valence-electron chi connectivity index (χ1n) is 8.22. The van der Waals surface area contributed by atoms with Gasteiger partial charge in [0.2, 0.25) is 5.41 Å². The van der Waals surface area contributed by atoms with Crippen molar-refractivity contribution >= 4 is 22.0 Å². The first kappa shape index (κ1) is 23.7. The number of nitrogens with one attached hydrogen (secondary N) is 1. The summed E-state index contributed by atoms with van der Waals surface area (Å²) in [6.45, 7) is -0.343. The Hall–Kier alpha value is -2.60. The van der Waals surface area contributed by atoms with Gasteiger partial charge in [-0.15, -0.1) is 0 Å². The summed E-state index contributed by atoms with van der Waals surface area (Å²) in [7, 11) is -4.25. The van der Waals surface area contributed by atoms with E-state index in [1.165, 1.54) is 24.3 Å². The Balaban J connectivity index is 2.44. The second kappa shape index (κ2) is 8.26. The predicted octanol–water partition coefficient (Wildman–Crippen LogP) is 3.58. The fraction of sp³-hybridized carbons (Fsp3) is 0.278. The van der Waals surface area contributed by atoms with Gasteiger partial charge in [0.25, 0.3) is 10.0 Å². The molecular weight excluding hydrogens is 440 g/mol. The zero-order chi connectivity index (χ0) is 22.8. The summed E-state index contributed by atoms with van der Waals surface area (Å²) in [5, 5.41) is 9.03. The summed E-state index contributed by atoms with van der Waals surface area (Å²) in [6.07, 6.45) is -13.1. The van der Waals surface area contributed by atoms with Crippen LogP contribution in [0.4, 0.5) is 32.0 Å². The topological polar surface area (TPSA) is 83.5 Å². The van der Waals surface area contributed by atoms with Crippen LogP contribution < -0.4 is 4.72 Å². The number of alkyl halides is 6. The fourth-order valence-electron chi connectivity index (χ4n) is 2.79. The van der Waals surface area contributed by atoms with E-state index in [1.54, 1.807) is 0 Å². The predicted molar refractivity (Wildman–Crippen MR) is 94.3 cm³/mol. The van der Waals surface area contributed by atoms with E-state index in [4.69, 9.17) is 5.11 Å². The van der Waals surface area contributed by atoms with E-state index in [2.05, 4.69) is 0 Å². The van der Waals surface area contributed by atoms with Crippen molar-refractivity contribution in [2.75, 3.05) is 11.3 Å². The Morgan fingerprint density at radius 1 is 0.900 bits per heavy atom. The SMILES string of the molecule is O=CC(c1ccc(NS(=O)(=O)c2ccccc2CCO)cc1)(C(F)(F)F)C(F)(F)F. The number of carbonyl (C=O) groups is 1. The van der Waals surface area contributed by atoms with Crippen molar-refractivity contribution in [2.45, 2.75) is 29.1 Å². The summed E-state index contributed by atoms with van der Waals surface area (Å²) in [5.41, 5.74) is -6.20. The molecule has 2 aromatic rings. The Bertz CT molecular complexity index is 987. The molecule has 12 heteroatoms. The van der Waals surface area contributed by atoms with Gasteiger partial charge in [-0.3, -0.25) is 4.72 Å². The highest BCUT2D eigenvalue weighted by Gasteiger charge is 2.72. The zero-order valence-electron chi connectivity index (χ0n) is 15.0. The molecule has 0 aliphatic carbocycles. The van der Waals surface area contributed by atoms with Gasteiger partial charge in [-0.2, -0.15) is 26.3 Å². The van der Waals surface area contributed by atoms with Crippen LogP contribution in [-0.2, 0) is 26.7 Å². The summed E-state index contributed by atoms with van der Waals surface area (Å²) < 4.78 is 106. The number of carbonyl (C=O) groups excluding carboxylic acids is 1. The first-order valence-corrected chi connectivity index (χ1v) is 9.70. The summed E-state index contributed by atoms with van der Waals surface area (Å²) in [4.78, 5) is 10.7. The number of aliphatic hydroxyl groups is 1. The lowest BCUT2D eigenvalue weighted by Gasteiger charge is -2.32. The minimum absolute atomic E-state index is 0.00897. The quantitative estimate of drug-likeness (QED) is 0.494. The van der Waals surface area contributed by atoms with Crippen molar-refractivity contribution in [3.63, 3.8) is 0 Å². The van der Waals surface area contributed by atoms with E-state index in [0.717, 1.165) is 0 Å². The number of anilines is 1. The minimum atomic E-state index is -5.96. The van der Waals surface area contributed by atoms with Gasteiger partial charge >= 0.3 is 12.4 Å². The standard InChI is InChI=1S/C18H15F6NO4S/c19-17(20,21)16(11-27,18(22,23)24)13-5-7-14(8-6-13)25-30(28,29)15-4-2-1-3-12(15)9-10-26/h1-8,11,25-26H,9-10H2. The second-order valence-corrected chi connectivity index (χ2v) is 7.84. The Labute approximate surface area is 167 Å². The third-order valence-corrected chi connectivity index (χ3v) is 5.79. The molecule has 2 N–H and O–H groups in total. The van der Waals surface area contributed by atoms with Crippen molar-refractivity contribution < 1.29 is 44.7 Å². The van der Waals surface area contributed by atoms with Crippen molar-refractivity contribution in [1.29, 1.82) is 0 Å². The van der Waals surface area contributed by atoms with Gasteiger partial charge in [-0.25, -0.2) is 8.42 Å². The molecule has 2 rings (SSSR count). The highest BCUT2D eigenvalue weighted by Crippen LogP contribution is 2.50. The van der Waals surface area contributed by atoms with Crippen molar-refractivity contribution in [3.05, 3.63) is 59.7 Å². The first-order chi connectivity index (χ1) is 13.8. The Kier molecular flexibility index (Phi) is 6.52. The lowest BCUT2D eigenvalue weighted by Crippen LogP contribution is -2.55. The Morgan fingerprint density at radius 2 is 1.43 bits per heavy atom. The smallest absolute Gasteiger partial charge is 0.396 e. The van der Waals surface area contributed by atoms with Crippen LogP contribution in [-0.4, -0.2) is 38.8 Å². The van der Waals surface area contributed by atoms with Crippen LogP contribution in [0.1, 0.15) is 11.1 Å². The molecule has 0 fully saturated rings. The van der Waals surface area contributed by atoms with Gasteiger partial charge in [0.1, 0.15) is 6.29 Å². The van der Waals surface area contributed by atoms with E-state index >= 15 is 0 Å². The molecule has 0 aliphatic heterocycles. The normalized spacial score (nSPS) is 13.2. The third kappa shape index (κ3) is 4.29. The van der Waals surface area contributed by atoms with Crippen LogP contribution in [0.5, 0.6) is 0 Å². The highest BCUT2D eigenvalue weighted by atomic mass is 32.2. The average molecular weight is 455 g/mol. The number of rotatable bonds is 7. The molecule has 0 unspecified atom stereocenters. The molecule has 0 heterocycles. The monoisotopic (exact) mass is 455 g/mol. The molecule has 164 valence electrons. The van der Waals surface area contributed by atoms with E-state index in [-0.39, 0.29) is 29.2 Å².